The van der Waals surface area contributed by atoms with Crippen molar-refractivity contribution in [3.63, 3.8) is 0 Å². The summed E-state index contributed by atoms with van der Waals surface area (Å²) < 4.78 is 184. The molecule has 4 aromatic carbocycles. The number of ether oxygens (including phenoxy) is 1. The van der Waals surface area contributed by atoms with Crippen LogP contribution in [0.2, 0.25) is 0 Å². The van der Waals surface area contributed by atoms with Crippen LogP contribution in [0.25, 0.3) is 33.4 Å². The second-order valence-corrected chi connectivity index (χ2v) is 9.19. The first kappa shape index (κ1) is 31.9. The maximum atomic E-state index is 15.0. The van der Waals surface area contributed by atoms with Gasteiger partial charge in [0.15, 0.2) is 0 Å². The highest BCUT2D eigenvalue weighted by molar-refractivity contribution is 5.75. The van der Waals surface area contributed by atoms with Gasteiger partial charge < -0.3 is 0 Å². The molecule has 0 heterocycles. The number of hydrogen-bond acceptors (Lipinski definition) is 1. The third kappa shape index (κ3) is 6.48. The minimum Gasteiger partial charge on any atom is -0.222 e. The van der Waals surface area contributed by atoms with Crippen molar-refractivity contribution in [1.29, 1.82) is 0 Å². The van der Waals surface area contributed by atoms with Crippen LogP contribution in [0, 0.1) is 46.5 Å². The smallest absolute Gasteiger partial charge is 0.222 e. The Kier molecular flexibility index (Phi) is 8.56. The molecule has 0 radical (unpaired) electrons. The lowest BCUT2D eigenvalue weighted by molar-refractivity contribution is -0.432. The van der Waals surface area contributed by atoms with Crippen LogP contribution in [0.4, 0.5) is 57.1 Å². The number of benzene rings is 4. The summed E-state index contributed by atoms with van der Waals surface area (Å²) in [6.45, 7) is 1.76. The molecule has 0 aliphatic rings. The van der Waals surface area contributed by atoms with Crippen LogP contribution in [0.15, 0.2) is 48.5 Å². The first-order valence-electron chi connectivity index (χ1n) is 12.0. The monoisotopic (exact) mass is 626 g/mol. The summed E-state index contributed by atoms with van der Waals surface area (Å²) in [5, 5.41) is 0. The van der Waals surface area contributed by atoms with Gasteiger partial charge >= 0.3 is 12.5 Å². The van der Waals surface area contributed by atoms with Crippen LogP contribution in [0.1, 0.15) is 24.5 Å². The van der Waals surface area contributed by atoms with Crippen LogP contribution in [0.3, 0.4) is 0 Å². The second kappa shape index (κ2) is 11.5. The summed E-state index contributed by atoms with van der Waals surface area (Å²) in [7, 11) is 0. The van der Waals surface area contributed by atoms with Crippen molar-refractivity contribution < 1.29 is 61.8 Å². The maximum absolute atomic E-state index is 15.0. The Balaban J connectivity index is 1.76. The molecule has 14 heteroatoms. The van der Waals surface area contributed by atoms with Crippen LogP contribution in [0.5, 0.6) is 0 Å². The molecule has 4 aromatic rings. The molecule has 0 N–H and O–H groups in total. The second-order valence-electron chi connectivity index (χ2n) is 9.19. The molecule has 43 heavy (non-hydrogen) atoms. The van der Waals surface area contributed by atoms with Crippen molar-refractivity contribution in [2.75, 3.05) is 0 Å². The van der Waals surface area contributed by atoms with E-state index in [9.17, 15) is 48.3 Å². The van der Waals surface area contributed by atoms with Gasteiger partial charge in [0, 0.05) is 0 Å². The van der Waals surface area contributed by atoms with E-state index >= 15 is 8.78 Å². The van der Waals surface area contributed by atoms with Crippen molar-refractivity contribution in [3.05, 3.63) is 106 Å². The molecule has 228 valence electrons. The molecule has 0 aliphatic heterocycles. The zero-order valence-electron chi connectivity index (χ0n) is 21.4. The van der Waals surface area contributed by atoms with E-state index in [2.05, 4.69) is 4.74 Å². The van der Waals surface area contributed by atoms with Gasteiger partial charge in [0.1, 0.15) is 52.1 Å². The summed E-state index contributed by atoms with van der Waals surface area (Å²) >= 11 is 0. The van der Waals surface area contributed by atoms with Crippen LogP contribution in [-0.2, 0) is 17.3 Å². The molecule has 0 bridgehead atoms. The molecule has 0 aromatic heterocycles. The van der Waals surface area contributed by atoms with Crippen LogP contribution in [-0.4, -0.2) is 6.36 Å². The molecule has 0 saturated carbocycles. The Morgan fingerprint density at radius 2 is 0.791 bits per heavy atom. The molecule has 0 aliphatic carbocycles. The third-order valence-electron chi connectivity index (χ3n) is 6.17. The number of alkyl halides is 5. The van der Waals surface area contributed by atoms with Crippen LogP contribution < -0.4 is 0 Å². The van der Waals surface area contributed by atoms with Crippen molar-refractivity contribution in [3.8, 4) is 33.4 Å². The lowest BCUT2D eigenvalue weighted by Gasteiger charge is -2.20. The van der Waals surface area contributed by atoms with Gasteiger partial charge in [-0.25, -0.2) is 39.9 Å². The molecule has 1 nitrogen and oxygen atoms in total. The predicted molar refractivity (Wildman–Crippen MR) is 127 cm³/mol. The lowest BCUT2D eigenvalue weighted by atomic mass is 9.94. The normalized spacial score (nSPS) is 12.2. The maximum Gasteiger partial charge on any atom is 0.527 e. The molecule has 0 saturated heterocycles. The summed E-state index contributed by atoms with van der Waals surface area (Å²) in [5.74, 6) is -13.4. The zero-order valence-corrected chi connectivity index (χ0v) is 21.4. The first-order chi connectivity index (χ1) is 19.9. The lowest BCUT2D eigenvalue weighted by Crippen LogP contribution is -2.29. The van der Waals surface area contributed by atoms with E-state index in [1.165, 1.54) is 0 Å². The standard InChI is InChI=1S/C29H15F13O/c1-2-3-12-4-16(30)24(17(31)5-12)13-6-18(32)25(19(33)7-13)14-8-20(34)26(21(35)9-14)15-10-22(36)27(23(37)11-15)28(38,39)43-29(40,41)42/h4-11H,2-3H2,1H3. The average Bonchev–Trinajstić information content (AvgIpc) is 2.81. The van der Waals surface area contributed by atoms with E-state index in [1.54, 1.807) is 6.92 Å². The van der Waals surface area contributed by atoms with Crippen molar-refractivity contribution in [2.24, 2.45) is 0 Å². The summed E-state index contributed by atoms with van der Waals surface area (Å²) in [5.41, 5.74) is -7.82. The van der Waals surface area contributed by atoms with Crippen molar-refractivity contribution >= 4 is 0 Å². The fourth-order valence-electron chi connectivity index (χ4n) is 4.51. The first-order valence-corrected chi connectivity index (χ1v) is 12.0. The molecular formula is C29H15F13O. The molecule has 0 amide bonds. The third-order valence-corrected chi connectivity index (χ3v) is 6.17. The van der Waals surface area contributed by atoms with Gasteiger partial charge in [-0.05, 0) is 77.2 Å². The minimum atomic E-state index is -6.01. The number of aryl methyl sites for hydroxylation is 1. The number of hydrogen-bond donors (Lipinski definition) is 0. The molecular weight excluding hydrogens is 611 g/mol. The van der Waals surface area contributed by atoms with Gasteiger partial charge in [-0.15, -0.1) is 13.2 Å². The average molecular weight is 626 g/mol. The fraction of sp³-hybridized carbons (Fsp3) is 0.172. The molecule has 0 atom stereocenters. The highest BCUT2D eigenvalue weighted by Crippen LogP contribution is 2.42. The van der Waals surface area contributed by atoms with Gasteiger partial charge in [0.2, 0.25) is 0 Å². The Morgan fingerprint density at radius 1 is 0.488 bits per heavy atom. The van der Waals surface area contributed by atoms with E-state index in [0.717, 1.165) is 12.1 Å². The van der Waals surface area contributed by atoms with Crippen molar-refractivity contribution in [2.45, 2.75) is 32.2 Å². The van der Waals surface area contributed by atoms with Gasteiger partial charge in [0.25, 0.3) is 0 Å². The van der Waals surface area contributed by atoms with E-state index in [1.807, 2.05) is 0 Å². The predicted octanol–water partition coefficient (Wildman–Crippen LogP) is 10.3. The Labute approximate surface area is 234 Å². The Morgan fingerprint density at radius 3 is 1.09 bits per heavy atom. The topological polar surface area (TPSA) is 9.23 Å². The van der Waals surface area contributed by atoms with E-state index < -0.39 is 98.0 Å². The summed E-state index contributed by atoms with van der Waals surface area (Å²) in [6.07, 6.45) is -10.7. The van der Waals surface area contributed by atoms with Crippen LogP contribution >= 0.6 is 0 Å². The summed E-state index contributed by atoms with van der Waals surface area (Å²) in [6, 6.07) is 3.41. The quantitative estimate of drug-likeness (QED) is 0.186. The van der Waals surface area contributed by atoms with Gasteiger partial charge in [-0.1, -0.05) is 13.3 Å². The SMILES string of the molecule is CCCc1cc(F)c(-c2cc(F)c(-c3cc(F)c(-c4cc(F)c(C(F)(F)OC(F)(F)F)c(F)c4)c(F)c3)c(F)c2)c(F)c1. The summed E-state index contributed by atoms with van der Waals surface area (Å²) in [4.78, 5) is 0. The highest BCUT2D eigenvalue weighted by atomic mass is 19.4. The molecule has 4 rings (SSSR count). The molecule has 0 unspecified atom stereocenters. The van der Waals surface area contributed by atoms with Crippen molar-refractivity contribution in [1.82, 2.24) is 0 Å². The fourth-order valence-corrected chi connectivity index (χ4v) is 4.51. The zero-order chi connectivity index (χ0) is 32.0. The van der Waals surface area contributed by atoms with Gasteiger partial charge in [-0.2, -0.15) is 8.78 Å². The highest BCUT2D eigenvalue weighted by Gasteiger charge is 2.49. The van der Waals surface area contributed by atoms with E-state index in [4.69, 9.17) is 0 Å². The Bertz CT molecular complexity index is 1620. The largest absolute Gasteiger partial charge is 0.527 e. The van der Waals surface area contributed by atoms with Gasteiger partial charge in [-0.3, -0.25) is 0 Å². The number of rotatable bonds is 7. The van der Waals surface area contributed by atoms with Gasteiger partial charge in [0.05, 0.1) is 16.7 Å². The molecule has 0 fully saturated rings. The minimum absolute atomic E-state index is 0.0991. The van der Waals surface area contributed by atoms with E-state index in [-0.39, 0.29) is 12.1 Å². The number of halogens is 13. The molecule has 0 spiro atoms. The van der Waals surface area contributed by atoms with E-state index in [0.29, 0.717) is 42.7 Å². The Hall–Kier alpha value is -4.07.